The van der Waals surface area contributed by atoms with Gasteiger partial charge in [-0.2, -0.15) is 11.8 Å². The number of thioether (sulfide) groups is 1. The zero-order valence-corrected chi connectivity index (χ0v) is 13.0. The van der Waals surface area contributed by atoms with Crippen LogP contribution in [-0.4, -0.2) is 47.0 Å². The lowest BCUT2D eigenvalue weighted by atomic mass is 9.95. The summed E-state index contributed by atoms with van der Waals surface area (Å²) in [5.74, 6) is 0.327. The van der Waals surface area contributed by atoms with E-state index in [1.807, 2.05) is 0 Å². The SMILES string of the molecule is O=CNC(CCSCCC(=O)NC1CCCCC1)C(=O)O. The molecule has 1 saturated carbocycles. The summed E-state index contributed by atoms with van der Waals surface area (Å²) in [6.45, 7) is 0. The van der Waals surface area contributed by atoms with Crippen LogP contribution in [0.15, 0.2) is 0 Å². The highest BCUT2D eigenvalue weighted by Gasteiger charge is 2.16. The average Bonchev–Trinajstić information content (AvgIpc) is 2.46. The summed E-state index contributed by atoms with van der Waals surface area (Å²) in [6, 6.07) is -0.504. The minimum Gasteiger partial charge on any atom is -0.480 e. The molecular formula is C14H24N2O4S. The first-order valence-corrected chi connectivity index (χ1v) is 8.58. The highest BCUT2D eigenvalue weighted by atomic mass is 32.2. The number of hydrogen-bond donors (Lipinski definition) is 3. The molecule has 7 heteroatoms. The molecule has 1 rings (SSSR count). The van der Waals surface area contributed by atoms with E-state index in [1.54, 1.807) is 0 Å². The number of amides is 2. The van der Waals surface area contributed by atoms with Crippen molar-refractivity contribution >= 4 is 30.0 Å². The second kappa shape index (κ2) is 10.5. The van der Waals surface area contributed by atoms with Gasteiger partial charge in [0.05, 0.1) is 0 Å². The zero-order chi connectivity index (χ0) is 15.5. The number of carboxylic acids is 1. The van der Waals surface area contributed by atoms with Crippen molar-refractivity contribution in [2.75, 3.05) is 11.5 Å². The molecule has 0 aromatic rings. The third-order valence-corrected chi connectivity index (χ3v) is 4.58. The van der Waals surface area contributed by atoms with E-state index in [1.165, 1.54) is 31.0 Å². The lowest BCUT2D eigenvalue weighted by Gasteiger charge is -2.22. The second-order valence-electron chi connectivity index (χ2n) is 5.23. The van der Waals surface area contributed by atoms with E-state index in [4.69, 9.17) is 5.11 Å². The molecular weight excluding hydrogens is 292 g/mol. The van der Waals surface area contributed by atoms with Crippen LogP contribution in [0.25, 0.3) is 0 Å². The number of carbonyl (C=O) groups excluding carboxylic acids is 2. The summed E-state index contributed by atoms with van der Waals surface area (Å²) >= 11 is 1.54. The second-order valence-corrected chi connectivity index (χ2v) is 6.45. The van der Waals surface area contributed by atoms with Crippen LogP contribution in [0.1, 0.15) is 44.9 Å². The number of rotatable bonds is 10. The lowest BCUT2D eigenvalue weighted by molar-refractivity contribution is -0.140. The summed E-state index contributed by atoms with van der Waals surface area (Å²) in [6.07, 6.45) is 7.04. The van der Waals surface area contributed by atoms with Gasteiger partial charge in [-0.05, 0) is 25.0 Å². The fraction of sp³-hybridized carbons (Fsp3) is 0.786. The molecule has 1 atom stereocenters. The molecule has 0 spiro atoms. The smallest absolute Gasteiger partial charge is 0.326 e. The van der Waals surface area contributed by atoms with Crippen molar-refractivity contribution in [1.29, 1.82) is 0 Å². The average molecular weight is 316 g/mol. The standard InChI is InChI=1S/C14H24N2O4S/c17-10-15-12(14(19)20)6-8-21-9-7-13(18)16-11-4-2-1-3-5-11/h10-12H,1-9H2,(H,15,17)(H,16,18)(H,19,20). The Kier molecular flexibility index (Phi) is 8.89. The molecule has 120 valence electrons. The third-order valence-electron chi connectivity index (χ3n) is 3.56. The lowest BCUT2D eigenvalue weighted by Crippen LogP contribution is -2.36. The fourth-order valence-corrected chi connectivity index (χ4v) is 3.31. The van der Waals surface area contributed by atoms with Gasteiger partial charge in [0.15, 0.2) is 0 Å². The quantitative estimate of drug-likeness (QED) is 0.415. The maximum atomic E-state index is 11.7. The van der Waals surface area contributed by atoms with Crippen LogP contribution in [0.5, 0.6) is 0 Å². The minimum absolute atomic E-state index is 0.0789. The predicted octanol–water partition coefficient (Wildman–Crippen LogP) is 1.15. The van der Waals surface area contributed by atoms with Crippen LogP contribution in [0.3, 0.4) is 0 Å². The molecule has 6 nitrogen and oxygen atoms in total. The van der Waals surface area contributed by atoms with E-state index < -0.39 is 12.0 Å². The summed E-state index contributed by atoms with van der Waals surface area (Å²) in [4.78, 5) is 32.8. The van der Waals surface area contributed by atoms with Gasteiger partial charge in [0.2, 0.25) is 12.3 Å². The minimum atomic E-state index is -1.03. The first-order valence-electron chi connectivity index (χ1n) is 7.43. The fourth-order valence-electron chi connectivity index (χ4n) is 2.38. The van der Waals surface area contributed by atoms with E-state index in [-0.39, 0.29) is 5.91 Å². The molecule has 1 fully saturated rings. The molecule has 0 aliphatic heterocycles. The number of aliphatic carboxylic acids is 1. The third kappa shape index (κ3) is 7.94. The Hall–Kier alpha value is -1.24. The van der Waals surface area contributed by atoms with Gasteiger partial charge in [0, 0.05) is 18.2 Å². The van der Waals surface area contributed by atoms with Crippen molar-refractivity contribution in [2.45, 2.75) is 57.0 Å². The molecule has 0 heterocycles. The van der Waals surface area contributed by atoms with Crippen molar-refractivity contribution < 1.29 is 19.5 Å². The molecule has 0 saturated heterocycles. The topological polar surface area (TPSA) is 95.5 Å². The first-order chi connectivity index (χ1) is 10.1. The number of hydrogen-bond acceptors (Lipinski definition) is 4. The van der Waals surface area contributed by atoms with Gasteiger partial charge in [-0.15, -0.1) is 0 Å². The van der Waals surface area contributed by atoms with E-state index in [0.29, 0.717) is 36.8 Å². The van der Waals surface area contributed by atoms with Gasteiger partial charge in [-0.1, -0.05) is 19.3 Å². The molecule has 1 unspecified atom stereocenters. The van der Waals surface area contributed by atoms with Crippen LogP contribution < -0.4 is 10.6 Å². The van der Waals surface area contributed by atoms with E-state index in [0.717, 1.165) is 12.8 Å². The monoisotopic (exact) mass is 316 g/mol. The molecule has 2 amide bonds. The molecule has 0 bridgehead atoms. The summed E-state index contributed by atoms with van der Waals surface area (Å²) < 4.78 is 0. The van der Waals surface area contributed by atoms with Crippen molar-refractivity contribution in [2.24, 2.45) is 0 Å². The summed E-state index contributed by atoms with van der Waals surface area (Å²) in [7, 11) is 0. The highest BCUT2D eigenvalue weighted by Crippen LogP contribution is 2.17. The van der Waals surface area contributed by atoms with Crippen LogP contribution in [0, 0.1) is 0 Å². The van der Waals surface area contributed by atoms with E-state index in [2.05, 4.69) is 10.6 Å². The van der Waals surface area contributed by atoms with Crippen molar-refractivity contribution in [1.82, 2.24) is 10.6 Å². The molecule has 1 aliphatic carbocycles. The Balaban J connectivity index is 2.05. The maximum Gasteiger partial charge on any atom is 0.326 e. The van der Waals surface area contributed by atoms with Gasteiger partial charge in [0.1, 0.15) is 6.04 Å². The normalized spacial score (nSPS) is 17.0. The Morgan fingerprint density at radius 2 is 1.95 bits per heavy atom. The highest BCUT2D eigenvalue weighted by molar-refractivity contribution is 7.99. The maximum absolute atomic E-state index is 11.7. The molecule has 21 heavy (non-hydrogen) atoms. The predicted molar refractivity (Wildman–Crippen MR) is 82.2 cm³/mol. The van der Waals surface area contributed by atoms with E-state index >= 15 is 0 Å². The van der Waals surface area contributed by atoms with Gasteiger partial charge in [-0.25, -0.2) is 4.79 Å². The van der Waals surface area contributed by atoms with Crippen molar-refractivity contribution in [3.63, 3.8) is 0 Å². The van der Waals surface area contributed by atoms with Crippen LogP contribution >= 0.6 is 11.8 Å². The first kappa shape index (κ1) is 17.8. The zero-order valence-electron chi connectivity index (χ0n) is 12.2. The van der Waals surface area contributed by atoms with Gasteiger partial charge < -0.3 is 15.7 Å². The Bertz CT molecular complexity index is 346. The van der Waals surface area contributed by atoms with Gasteiger partial charge in [0.25, 0.3) is 0 Å². The summed E-state index contributed by atoms with van der Waals surface area (Å²) in [5, 5.41) is 14.2. The van der Waals surface area contributed by atoms with Crippen LogP contribution in [0.4, 0.5) is 0 Å². The Morgan fingerprint density at radius 1 is 1.24 bits per heavy atom. The summed E-state index contributed by atoms with van der Waals surface area (Å²) in [5.41, 5.74) is 0. The van der Waals surface area contributed by atoms with E-state index in [9.17, 15) is 14.4 Å². The Morgan fingerprint density at radius 3 is 2.57 bits per heavy atom. The number of carbonyl (C=O) groups is 3. The molecule has 0 radical (unpaired) electrons. The van der Waals surface area contributed by atoms with Gasteiger partial charge >= 0.3 is 5.97 Å². The van der Waals surface area contributed by atoms with Crippen LogP contribution in [-0.2, 0) is 14.4 Å². The number of nitrogens with one attached hydrogen (secondary N) is 2. The van der Waals surface area contributed by atoms with Crippen molar-refractivity contribution in [3.05, 3.63) is 0 Å². The van der Waals surface area contributed by atoms with Crippen LogP contribution in [0.2, 0.25) is 0 Å². The molecule has 0 aromatic heterocycles. The largest absolute Gasteiger partial charge is 0.480 e. The van der Waals surface area contributed by atoms with Gasteiger partial charge in [-0.3, -0.25) is 9.59 Å². The van der Waals surface area contributed by atoms with Crippen molar-refractivity contribution in [3.8, 4) is 0 Å². The molecule has 1 aliphatic rings. The number of carboxylic acid groups (broad SMARTS) is 1. The molecule has 3 N–H and O–H groups in total. The Labute approximate surface area is 129 Å². The molecule has 0 aromatic carbocycles.